The van der Waals surface area contributed by atoms with Crippen molar-refractivity contribution in [3.05, 3.63) is 12.2 Å². The van der Waals surface area contributed by atoms with Crippen LogP contribution in [0.2, 0.25) is 0 Å². The molecule has 1 amide bonds. The van der Waals surface area contributed by atoms with Crippen molar-refractivity contribution in [1.29, 1.82) is 0 Å². The van der Waals surface area contributed by atoms with E-state index in [1.165, 1.54) is 6.42 Å². The van der Waals surface area contributed by atoms with Crippen molar-refractivity contribution in [2.45, 2.75) is 39.0 Å². The first-order valence-corrected chi connectivity index (χ1v) is 5.80. The number of carbonyl (C=O) groups is 1. The number of amides is 1. The minimum atomic E-state index is 0.130. The van der Waals surface area contributed by atoms with E-state index in [2.05, 4.69) is 11.4 Å². The van der Waals surface area contributed by atoms with Crippen LogP contribution in [0.15, 0.2) is 12.2 Å². The van der Waals surface area contributed by atoms with E-state index in [4.69, 9.17) is 5.73 Å². The summed E-state index contributed by atoms with van der Waals surface area (Å²) in [5.74, 6) is 0.157. The van der Waals surface area contributed by atoms with Gasteiger partial charge in [-0.15, -0.1) is 0 Å². The van der Waals surface area contributed by atoms with E-state index in [1.807, 2.05) is 13.0 Å². The van der Waals surface area contributed by atoms with Gasteiger partial charge >= 0.3 is 0 Å². The molecule has 0 bridgehead atoms. The minimum absolute atomic E-state index is 0.130. The molecule has 3 nitrogen and oxygen atoms in total. The maximum Gasteiger partial charge on any atom is 0.220 e. The van der Waals surface area contributed by atoms with Crippen LogP contribution in [0.25, 0.3) is 0 Å². The van der Waals surface area contributed by atoms with Gasteiger partial charge in [-0.2, -0.15) is 0 Å². The predicted molar refractivity (Wildman–Crippen MR) is 62.4 cm³/mol. The number of hydrogen-bond acceptors (Lipinski definition) is 2. The number of rotatable bonds is 6. The molecular weight excluding hydrogens is 188 g/mol. The Bertz CT molecular complexity index is 226. The van der Waals surface area contributed by atoms with Gasteiger partial charge in [0.15, 0.2) is 0 Å². The molecule has 1 aliphatic carbocycles. The van der Waals surface area contributed by atoms with E-state index >= 15 is 0 Å². The molecular formula is C12H22N2O. The zero-order valence-electron chi connectivity index (χ0n) is 9.59. The van der Waals surface area contributed by atoms with E-state index in [1.54, 1.807) is 0 Å². The van der Waals surface area contributed by atoms with Crippen molar-refractivity contribution < 1.29 is 4.79 Å². The summed E-state index contributed by atoms with van der Waals surface area (Å²) in [6.07, 6.45) is 9.04. The lowest BCUT2D eigenvalue weighted by atomic mass is 9.66. The Labute approximate surface area is 92.1 Å². The number of allylic oxidation sites excluding steroid dienone is 1. The van der Waals surface area contributed by atoms with Crippen molar-refractivity contribution >= 4 is 5.91 Å². The third kappa shape index (κ3) is 3.67. The monoisotopic (exact) mass is 210 g/mol. The van der Waals surface area contributed by atoms with Gasteiger partial charge in [-0.1, -0.05) is 18.6 Å². The summed E-state index contributed by atoms with van der Waals surface area (Å²) in [4.78, 5) is 11.6. The highest BCUT2D eigenvalue weighted by Crippen LogP contribution is 2.42. The maximum atomic E-state index is 11.6. The first-order chi connectivity index (χ1) is 7.22. The summed E-state index contributed by atoms with van der Waals surface area (Å²) >= 11 is 0. The van der Waals surface area contributed by atoms with Crippen LogP contribution in [0, 0.1) is 5.41 Å². The Morgan fingerprint density at radius 3 is 2.73 bits per heavy atom. The molecule has 0 atom stereocenters. The summed E-state index contributed by atoms with van der Waals surface area (Å²) in [5.41, 5.74) is 5.83. The van der Waals surface area contributed by atoms with Gasteiger partial charge in [-0.3, -0.25) is 4.79 Å². The van der Waals surface area contributed by atoms with E-state index in [0.717, 1.165) is 25.8 Å². The lowest BCUT2D eigenvalue weighted by Crippen LogP contribution is -2.42. The summed E-state index contributed by atoms with van der Waals surface area (Å²) < 4.78 is 0. The Morgan fingerprint density at radius 1 is 1.53 bits per heavy atom. The summed E-state index contributed by atoms with van der Waals surface area (Å²) in [6.45, 7) is 3.37. The van der Waals surface area contributed by atoms with Gasteiger partial charge in [0.1, 0.15) is 0 Å². The quantitative estimate of drug-likeness (QED) is 0.516. The van der Waals surface area contributed by atoms with Gasteiger partial charge < -0.3 is 11.1 Å². The van der Waals surface area contributed by atoms with Crippen molar-refractivity contribution in [2.75, 3.05) is 13.1 Å². The molecule has 0 aliphatic heterocycles. The van der Waals surface area contributed by atoms with Gasteiger partial charge in [-0.05, 0) is 38.1 Å². The lowest BCUT2D eigenvalue weighted by molar-refractivity contribution is -0.124. The maximum absolute atomic E-state index is 11.6. The molecule has 0 unspecified atom stereocenters. The SMILES string of the molecule is C/C=C/CCNC(=O)CC1(CN)CCC1. The highest BCUT2D eigenvalue weighted by Gasteiger charge is 2.37. The number of hydrogen-bond donors (Lipinski definition) is 2. The standard InChI is InChI=1S/C12H22N2O/c1-2-3-4-8-14-11(15)9-12(10-13)6-5-7-12/h2-3H,4-10,13H2,1H3,(H,14,15)/b3-2+. The third-order valence-electron chi connectivity index (χ3n) is 3.25. The Morgan fingerprint density at radius 2 is 2.27 bits per heavy atom. The molecule has 1 fully saturated rings. The third-order valence-corrected chi connectivity index (χ3v) is 3.25. The summed E-state index contributed by atoms with van der Waals surface area (Å²) in [6, 6.07) is 0. The van der Waals surface area contributed by atoms with E-state index in [-0.39, 0.29) is 11.3 Å². The highest BCUT2D eigenvalue weighted by molar-refractivity contribution is 5.76. The lowest BCUT2D eigenvalue weighted by Gasteiger charge is -2.40. The largest absolute Gasteiger partial charge is 0.356 e. The van der Waals surface area contributed by atoms with Crippen LogP contribution in [0.5, 0.6) is 0 Å². The van der Waals surface area contributed by atoms with E-state index < -0.39 is 0 Å². The second kappa shape index (κ2) is 5.91. The summed E-state index contributed by atoms with van der Waals surface area (Å²) in [5, 5.41) is 2.93. The molecule has 15 heavy (non-hydrogen) atoms. The van der Waals surface area contributed by atoms with Gasteiger partial charge in [0.05, 0.1) is 0 Å². The van der Waals surface area contributed by atoms with E-state index in [9.17, 15) is 4.79 Å². The Balaban J connectivity index is 2.17. The molecule has 0 aromatic rings. The number of nitrogens with one attached hydrogen (secondary N) is 1. The molecule has 0 spiro atoms. The average molecular weight is 210 g/mol. The first-order valence-electron chi connectivity index (χ1n) is 5.80. The molecule has 1 rings (SSSR count). The van der Waals surface area contributed by atoms with Crippen LogP contribution in [0.4, 0.5) is 0 Å². The fourth-order valence-electron chi connectivity index (χ4n) is 1.99. The van der Waals surface area contributed by atoms with Gasteiger partial charge in [0, 0.05) is 13.0 Å². The molecule has 1 saturated carbocycles. The van der Waals surface area contributed by atoms with Crippen LogP contribution in [0.3, 0.4) is 0 Å². The molecule has 0 radical (unpaired) electrons. The molecule has 3 N–H and O–H groups in total. The molecule has 1 aliphatic rings. The topological polar surface area (TPSA) is 55.1 Å². The van der Waals surface area contributed by atoms with E-state index in [0.29, 0.717) is 13.0 Å². The van der Waals surface area contributed by atoms with Crippen molar-refractivity contribution in [2.24, 2.45) is 11.1 Å². The van der Waals surface area contributed by atoms with Crippen molar-refractivity contribution in [1.82, 2.24) is 5.32 Å². The molecule has 0 aromatic heterocycles. The van der Waals surface area contributed by atoms with Gasteiger partial charge in [0.25, 0.3) is 0 Å². The van der Waals surface area contributed by atoms with Crippen LogP contribution in [-0.4, -0.2) is 19.0 Å². The normalized spacial score (nSPS) is 18.8. The molecule has 86 valence electrons. The van der Waals surface area contributed by atoms with Gasteiger partial charge in [-0.25, -0.2) is 0 Å². The highest BCUT2D eigenvalue weighted by atomic mass is 16.1. The number of carbonyl (C=O) groups excluding carboxylic acids is 1. The predicted octanol–water partition coefficient (Wildman–Crippen LogP) is 1.59. The first kappa shape index (κ1) is 12.2. The molecule has 0 aromatic carbocycles. The average Bonchev–Trinajstić information content (AvgIpc) is 2.18. The zero-order chi connectivity index (χ0) is 11.1. The van der Waals surface area contributed by atoms with Crippen LogP contribution >= 0.6 is 0 Å². The fourth-order valence-corrected chi connectivity index (χ4v) is 1.99. The van der Waals surface area contributed by atoms with Gasteiger partial charge in [0.2, 0.25) is 5.91 Å². The van der Waals surface area contributed by atoms with Crippen LogP contribution in [0.1, 0.15) is 39.0 Å². The molecule has 0 saturated heterocycles. The zero-order valence-corrected chi connectivity index (χ0v) is 9.59. The molecule has 3 heteroatoms. The number of nitrogens with two attached hydrogens (primary N) is 1. The summed E-state index contributed by atoms with van der Waals surface area (Å²) in [7, 11) is 0. The Kier molecular flexibility index (Phi) is 4.82. The second-order valence-electron chi connectivity index (χ2n) is 4.44. The van der Waals surface area contributed by atoms with Crippen LogP contribution in [-0.2, 0) is 4.79 Å². The minimum Gasteiger partial charge on any atom is -0.356 e. The Hall–Kier alpha value is -0.830. The smallest absolute Gasteiger partial charge is 0.220 e. The molecule has 0 heterocycles. The second-order valence-corrected chi connectivity index (χ2v) is 4.44. The fraction of sp³-hybridized carbons (Fsp3) is 0.750. The van der Waals surface area contributed by atoms with Crippen molar-refractivity contribution in [3.8, 4) is 0 Å². The van der Waals surface area contributed by atoms with Crippen LogP contribution < -0.4 is 11.1 Å². The van der Waals surface area contributed by atoms with Crippen molar-refractivity contribution in [3.63, 3.8) is 0 Å².